The summed E-state index contributed by atoms with van der Waals surface area (Å²) in [4.78, 5) is 26.4. The molecule has 1 aromatic rings. The predicted molar refractivity (Wildman–Crippen MR) is 74.9 cm³/mol. The molecule has 0 aliphatic carbocycles. The second-order valence-electron chi connectivity index (χ2n) is 4.24. The average Bonchev–Trinajstić information content (AvgIpc) is 2.77. The topological polar surface area (TPSA) is 79.3 Å². The number of nitrogens with zero attached hydrogens (tertiary/aromatic N) is 1. The van der Waals surface area contributed by atoms with Gasteiger partial charge in [-0.3, -0.25) is 9.59 Å². The highest BCUT2D eigenvalue weighted by atomic mass is 32.1. The minimum absolute atomic E-state index is 0.0311. The van der Waals surface area contributed by atoms with Crippen molar-refractivity contribution in [1.29, 1.82) is 0 Å². The smallest absolute Gasteiger partial charge is 0.303 e. The van der Waals surface area contributed by atoms with Crippen LogP contribution in [0.3, 0.4) is 0 Å². The Morgan fingerprint density at radius 1 is 1.58 bits per heavy atom. The molecule has 0 saturated heterocycles. The lowest BCUT2D eigenvalue weighted by atomic mass is 10.0. The van der Waals surface area contributed by atoms with Gasteiger partial charge in [0.05, 0.1) is 10.7 Å². The second kappa shape index (κ2) is 7.68. The maximum Gasteiger partial charge on any atom is 0.303 e. The molecule has 5 nitrogen and oxygen atoms in total. The van der Waals surface area contributed by atoms with Crippen LogP contribution < -0.4 is 5.32 Å². The van der Waals surface area contributed by atoms with E-state index in [4.69, 9.17) is 5.11 Å². The van der Waals surface area contributed by atoms with E-state index in [1.54, 1.807) is 6.08 Å². The number of carboxylic acid groups (broad SMARTS) is 1. The van der Waals surface area contributed by atoms with E-state index >= 15 is 0 Å². The van der Waals surface area contributed by atoms with Crippen LogP contribution in [0.4, 0.5) is 0 Å². The first-order valence-electron chi connectivity index (χ1n) is 6.11. The largest absolute Gasteiger partial charge is 0.481 e. The van der Waals surface area contributed by atoms with Gasteiger partial charge in [0.25, 0.3) is 0 Å². The standard InChI is InChI=1S/C13H18N2O3S/c1-3-10(6-13(17)18)7-14-12(16)5-4-11-8-19-9(2)15-11/h4-5,8,10H,3,6-7H2,1-2H3,(H,14,16)(H,17,18)/b5-4+. The Hall–Kier alpha value is -1.69. The van der Waals surface area contributed by atoms with Crippen molar-refractivity contribution in [3.8, 4) is 0 Å². The van der Waals surface area contributed by atoms with Gasteiger partial charge in [-0.05, 0) is 18.9 Å². The average molecular weight is 282 g/mol. The van der Waals surface area contributed by atoms with Gasteiger partial charge in [0.15, 0.2) is 0 Å². The fraction of sp³-hybridized carbons (Fsp3) is 0.462. The van der Waals surface area contributed by atoms with Crippen LogP contribution in [0, 0.1) is 12.8 Å². The van der Waals surface area contributed by atoms with Crippen molar-refractivity contribution in [2.24, 2.45) is 5.92 Å². The lowest BCUT2D eigenvalue weighted by Gasteiger charge is -2.12. The Bertz CT molecular complexity index is 468. The van der Waals surface area contributed by atoms with Crippen LogP contribution in [-0.4, -0.2) is 28.5 Å². The second-order valence-corrected chi connectivity index (χ2v) is 5.30. The highest BCUT2D eigenvalue weighted by Crippen LogP contribution is 2.09. The number of amides is 1. The molecule has 0 aliphatic heterocycles. The van der Waals surface area contributed by atoms with E-state index in [0.717, 1.165) is 17.1 Å². The van der Waals surface area contributed by atoms with Crippen LogP contribution in [0.5, 0.6) is 0 Å². The highest BCUT2D eigenvalue weighted by Gasteiger charge is 2.11. The van der Waals surface area contributed by atoms with Gasteiger partial charge in [-0.25, -0.2) is 4.98 Å². The minimum Gasteiger partial charge on any atom is -0.481 e. The molecule has 1 unspecified atom stereocenters. The van der Waals surface area contributed by atoms with E-state index in [9.17, 15) is 9.59 Å². The molecule has 1 aromatic heterocycles. The summed E-state index contributed by atoms with van der Waals surface area (Å²) in [6, 6.07) is 0. The number of nitrogens with one attached hydrogen (secondary N) is 1. The Balaban J connectivity index is 2.38. The van der Waals surface area contributed by atoms with Gasteiger partial charge in [0.1, 0.15) is 0 Å². The lowest BCUT2D eigenvalue weighted by Crippen LogP contribution is -2.28. The Kier molecular flexibility index (Phi) is 6.21. The lowest BCUT2D eigenvalue weighted by molar-refractivity contribution is -0.138. The third kappa shape index (κ3) is 6.15. The number of carboxylic acids is 1. The van der Waals surface area contributed by atoms with Crippen molar-refractivity contribution in [2.45, 2.75) is 26.7 Å². The summed E-state index contributed by atoms with van der Waals surface area (Å²) in [6.07, 6.45) is 3.87. The van der Waals surface area contributed by atoms with Gasteiger partial charge in [-0.2, -0.15) is 0 Å². The molecular weight excluding hydrogens is 264 g/mol. The third-order valence-corrected chi connectivity index (χ3v) is 3.44. The summed E-state index contributed by atoms with van der Waals surface area (Å²) in [5.41, 5.74) is 0.759. The molecule has 1 atom stereocenters. The molecule has 1 heterocycles. The van der Waals surface area contributed by atoms with Crippen LogP contribution in [-0.2, 0) is 9.59 Å². The van der Waals surface area contributed by atoms with Crippen LogP contribution in [0.1, 0.15) is 30.5 Å². The highest BCUT2D eigenvalue weighted by molar-refractivity contribution is 7.09. The third-order valence-electron chi connectivity index (χ3n) is 2.65. The van der Waals surface area contributed by atoms with E-state index in [1.807, 2.05) is 19.2 Å². The molecule has 0 spiro atoms. The van der Waals surface area contributed by atoms with Gasteiger partial charge in [0, 0.05) is 24.4 Å². The number of thiazole rings is 1. The van der Waals surface area contributed by atoms with Crippen LogP contribution in [0.25, 0.3) is 6.08 Å². The number of aromatic nitrogens is 1. The summed E-state index contributed by atoms with van der Waals surface area (Å²) < 4.78 is 0. The van der Waals surface area contributed by atoms with Gasteiger partial charge < -0.3 is 10.4 Å². The first-order chi connectivity index (χ1) is 9.01. The molecule has 0 fully saturated rings. The molecule has 2 N–H and O–H groups in total. The number of aryl methyl sites for hydroxylation is 1. The van der Waals surface area contributed by atoms with Gasteiger partial charge in [-0.1, -0.05) is 13.3 Å². The number of aliphatic carboxylic acids is 1. The molecule has 19 heavy (non-hydrogen) atoms. The number of rotatable bonds is 7. The Morgan fingerprint density at radius 3 is 2.84 bits per heavy atom. The zero-order valence-corrected chi connectivity index (χ0v) is 11.9. The number of carbonyl (C=O) groups is 2. The zero-order valence-electron chi connectivity index (χ0n) is 11.0. The van der Waals surface area contributed by atoms with E-state index in [0.29, 0.717) is 6.54 Å². The minimum atomic E-state index is -0.838. The van der Waals surface area contributed by atoms with Crippen molar-refractivity contribution in [2.75, 3.05) is 6.54 Å². The van der Waals surface area contributed by atoms with Crippen molar-refractivity contribution in [3.05, 3.63) is 22.2 Å². The van der Waals surface area contributed by atoms with E-state index < -0.39 is 5.97 Å². The van der Waals surface area contributed by atoms with E-state index in [2.05, 4.69) is 10.3 Å². The first-order valence-corrected chi connectivity index (χ1v) is 6.99. The van der Waals surface area contributed by atoms with Gasteiger partial charge in [0.2, 0.25) is 5.91 Å². The van der Waals surface area contributed by atoms with Crippen LogP contribution in [0.2, 0.25) is 0 Å². The van der Waals surface area contributed by atoms with Crippen LogP contribution >= 0.6 is 11.3 Å². The molecule has 0 aliphatic rings. The molecular formula is C13H18N2O3S. The normalized spacial score (nSPS) is 12.5. The Morgan fingerprint density at radius 2 is 2.32 bits per heavy atom. The fourth-order valence-corrected chi connectivity index (χ4v) is 2.11. The predicted octanol–water partition coefficient (Wildman–Crippen LogP) is 2.08. The van der Waals surface area contributed by atoms with Crippen LogP contribution in [0.15, 0.2) is 11.5 Å². The molecule has 0 bridgehead atoms. The van der Waals surface area contributed by atoms with E-state index in [-0.39, 0.29) is 18.2 Å². The summed E-state index contributed by atoms with van der Waals surface area (Å²) >= 11 is 1.53. The summed E-state index contributed by atoms with van der Waals surface area (Å²) in [5, 5.41) is 14.2. The van der Waals surface area contributed by atoms with Gasteiger partial charge >= 0.3 is 5.97 Å². The Labute approximate surface area is 116 Å². The summed E-state index contributed by atoms with van der Waals surface area (Å²) in [6.45, 7) is 4.19. The maximum atomic E-state index is 11.6. The molecule has 0 radical (unpaired) electrons. The monoisotopic (exact) mass is 282 g/mol. The zero-order chi connectivity index (χ0) is 14.3. The van der Waals surface area contributed by atoms with Crippen molar-refractivity contribution in [1.82, 2.24) is 10.3 Å². The molecule has 1 rings (SSSR count). The molecule has 1 amide bonds. The molecule has 104 valence electrons. The number of hydrogen-bond donors (Lipinski definition) is 2. The van der Waals surface area contributed by atoms with Crippen molar-refractivity contribution < 1.29 is 14.7 Å². The molecule has 6 heteroatoms. The van der Waals surface area contributed by atoms with E-state index in [1.165, 1.54) is 17.4 Å². The first kappa shape index (κ1) is 15.4. The molecule has 0 saturated carbocycles. The van der Waals surface area contributed by atoms with Crippen molar-refractivity contribution >= 4 is 29.3 Å². The number of carbonyl (C=O) groups excluding carboxylic acids is 1. The number of hydrogen-bond acceptors (Lipinski definition) is 4. The summed E-state index contributed by atoms with van der Waals surface area (Å²) in [5.74, 6) is -1.10. The van der Waals surface area contributed by atoms with Crippen molar-refractivity contribution in [3.63, 3.8) is 0 Å². The summed E-state index contributed by atoms with van der Waals surface area (Å²) in [7, 11) is 0. The fourth-order valence-electron chi connectivity index (χ4n) is 1.53. The SMILES string of the molecule is CCC(CNC(=O)/C=C/c1csc(C)n1)CC(=O)O. The van der Waals surface area contributed by atoms with Gasteiger partial charge in [-0.15, -0.1) is 11.3 Å². The quantitative estimate of drug-likeness (QED) is 0.750. The molecule has 0 aromatic carbocycles. The maximum absolute atomic E-state index is 11.6.